The van der Waals surface area contributed by atoms with E-state index in [1.54, 1.807) is 12.1 Å². The van der Waals surface area contributed by atoms with E-state index < -0.39 is 0 Å². The van der Waals surface area contributed by atoms with Crippen LogP contribution >= 0.6 is 11.6 Å². The molecule has 0 amide bonds. The standard InChI is InChI=1S/C16H23ClN2O/c1-10-6-12(9-16(2,3)8-10)20-11-4-5-13(15(18)19)14(17)7-11/h4-5,7,10,12H,6,8-9H2,1-3H3,(H3,18,19). The molecule has 1 saturated carbocycles. The van der Waals surface area contributed by atoms with Crippen molar-refractivity contribution in [1.82, 2.24) is 0 Å². The van der Waals surface area contributed by atoms with Crippen molar-refractivity contribution >= 4 is 17.4 Å². The molecule has 2 atom stereocenters. The summed E-state index contributed by atoms with van der Waals surface area (Å²) >= 11 is 6.13. The first kappa shape index (κ1) is 15.2. The van der Waals surface area contributed by atoms with E-state index in [-0.39, 0.29) is 11.9 Å². The van der Waals surface area contributed by atoms with Gasteiger partial charge in [-0.05, 0) is 48.8 Å². The molecule has 0 aromatic heterocycles. The molecule has 1 fully saturated rings. The molecule has 0 bridgehead atoms. The third-order valence-corrected chi connectivity index (χ3v) is 4.19. The van der Waals surface area contributed by atoms with Crippen molar-refractivity contribution in [1.29, 1.82) is 5.41 Å². The smallest absolute Gasteiger partial charge is 0.124 e. The number of rotatable bonds is 3. The summed E-state index contributed by atoms with van der Waals surface area (Å²) in [5, 5.41) is 7.90. The van der Waals surface area contributed by atoms with E-state index in [0.29, 0.717) is 21.9 Å². The topological polar surface area (TPSA) is 59.1 Å². The Kier molecular flexibility index (Phi) is 4.28. The summed E-state index contributed by atoms with van der Waals surface area (Å²) in [6.07, 6.45) is 3.61. The highest BCUT2D eigenvalue weighted by molar-refractivity contribution is 6.34. The molecule has 0 spiro atoms. The maximum absolute atomic E-state index is 7.43. The van der Waals surface area contributed by atoms with Crippen LogP contribution < -0.4 is 10.5 Å². The summed E-state index contributed by atoms with van der Waals surface area (Å²) in [6.45, 7) is 6.87. The van der Waals surface area contributed by atoms with Gasteiger partial charge in [0, 0.05) is 5.56 Å². The number of benzene rings is 1. The van der Waals surface area contributed by atoms with Crippen molar-refractivity contribution in [2.24, 2.45) is 17.1 Å². The molecule has 0 aliphatic heterocycles. The van der Waals surface area contributed by atoms with E-state index in [0.717, 1.165) is 18.6 Å². The number of halogens is 1. The summed E-state index contributed by atoms with van der Waals surface area (Å²) in [5.41, 5.74) is 6.34. The van der Waals surface area contributed by atoms with Gasteiger partial charge in [-0.25, -0.2) is 0 Å². The zero-order valence-corrected chi connectivity index (χ0v) is 13.1. The molecule has 1 aliphatic rings. The lowest BCUT2D eigenvalue weighted by Crippen LogP contribution is -2.34. The van der Waals surface area contributed by atoms with Crippen molar-refractivity contribution in [3.63, 3.8) is 0 Å². The molecule has 0 saturated heterocycles. The normalized spacial score (nSPS) is 25.2. The van der Waals surface area contributed by atoms with Gasteiger partial charge >= 0.3 is 0 Å². The van der Waals surface area contributed by atoms with E-state index in [2.05, 4.69) is 20.8 Å². The first-order valence-electron chi connectivity index (χ1n) is 7.07. The van der Waals surface area contributed by atoms with Crippen molar-refractivity contribution in [3.8, 4) is 5.75 Å². The number of hydrogen-bond acceptors (Lipinski definition) is 2. The van der Waals surface area contributed by atoms with Crippen molar-refractivity contribution < 1.29 is 4.74 Å². The molecule has 1 aromatic rings. The zero-order chi connectivity index (χ0) is 14.9. The highest BCUT2D eigenvalue weighted by atomic mass is 35.5. The maximum Gasteiger partial charge on any atom is 0.124 e. The summed E-state index contributed by atoms with van der Waals surface area (Å²) in [4.78, 5) is 0. The number of amidine groups is 1. The third-order valence-electron chi connectivity index (χ3n) is 3.88. The van der Waals surface area contributed by atoms with E-state index in [1.165, 1.54) is 6.42 Å². The highest BCUT2D eigenvalue weighted by Crippen LogP contribution is 2.40. The molecule has 20 heavy (non-hydrogen) atoms. The van der Waals surface area contributed by atoms with Crippen LogP contribution in [0.2, 0.25) is 5.02 Å². The largest absolute Gasteiger partial charge is 0.490 e. The predicted octanol–water partition coefficient (Wildman–Crippen LogP) is 4.22. The molecular weight excluding hydrogens is 272 g/mol. The average Bonchev–Trinajstić information content (AvgIpc) is 2.25. The van der Waals surface area contributed by atoms with Crippen molar-refractivity contribution in [2.45, 2.75) is 46.1 Å². The minimum Gasteiger partial charge on any atom is -0.490 e. The Morgan fingerprint density at radius 3 is 2.65 bits per heavy atom. The average molecular weight is 295 g/mol. The summed E-state index contributed by atoms with van der Waals surface area (Å²) < 4.78 is 6.08. The van der Waals surface area contributed by atoms with Gasteiger partial charge < -0.3 is 10.5 Å². The van der Waals surface area contributed by atoms with E-state index in [1.807, 2.05) is 6.07 Å². The van der Waals surface area contributed by atoms with E-state index in [9.17, 15) is 0 Å². The Hall–Kier alpha value is -1.22. The SMILES string of the molecule is CC1CC(Oc2ccc(C(=N)N)c(Cl)c2)CC(C)(C)C1. The van der Waals surface area contributed by atoms with Gasteiger partial charge in [0.05, 0.1) is 11.1 Å². The predicted molar refractivity (Wildman–Crippen MR) is 83.7 cm³/mol. The molecule has 0 radical (unpaired) electrons. The molecule has 110 valence electrons. The monoisotopic (exact) mass is 294 g/mol. The van der Waals surface area contributed by atoms with E-state index >= 15 is 0 Å². The van der Waals surface area contributed by atoms with Crippen LogP contribution in [-0.2, 0) is 0 Å². The van der Waals surface area contributed by atoms with Crippen LogP contribution in [0.15, 0.2) is 18.2 Å². The molecule has 4 heteroatoms. The van der Waals surface area contributed by atoms with Crippen molar-refractivity contribution in [3.05, 3.63) is 28.8 Å². The summed E-state index contributed by atoms with van der Waals surface area (Å²) in [7, 11) is 0. The van der Waals surface area contributed by atoms with Crippen LogP contribution in [-0.4, -0.2) is 11.9 Å². The number of nitrogens with one attached hydrogen (secondary N) is 1. The summed E-state index contributed by atoms with van der Waals surface area (Å²) in [6, 6.07) is 5.34. The Morgan fingerprint density at radius 1 is 1.40 bits per heavy atom. The molecular formula is C16H23ClN2O. The first-order chi connectivity index (χ1) is 9.27. The van der Waals surface area contributed by atoms with Gasteiger partial charge in [0.25, 0.3) is 0 Å². The Bertz CT molecular complexity index is 513. The molecule has 2 rings (SSSR count). The van der Waals surface area contributed by atoms with Crippen LogP contribution in [0, 0.1) is 16.7 Å². The lowest BCUT2D eigenvalue weighted by Gasteiger charge is -2.38. The summed E-state index contributed by atoms with van der Waals surface area (Å²) in [5.74, 6) is 1.42. The minimum atomic E-state index is -0.0195. The Balaban J connectivity index is 2.10. The zero-order valence-electron chi connectivity index (χ0n) is 12.4. The first-order valence-corrected chi connectivity index (χ1v) is 7.45. The Morgan fingerprint density at radius 2 is 2.10 bits per heavy atom. The quantitative estimate of drug-likeness (QED) is 0.648. The van der Waals surface area contributed by atoms with Gasteiger partial charge in [0.2, 0.25) is 0 Å². The van der Waals surface area contributed by atoms with Crippen LogP contribution in [0.25, 0.3) is 0 Å². The third kappa shape index (κ3) is 3.66. The van der Waals surface area contributed by atoms with Crippen LogP contribution in [0.3, 0.4) is 0 Å². The lowest BCUT2D eigenvalue weighted by atomic mass is 9.71. The molecule has 1 aliphatic carbocycles. The van der Waals surface area contributed by atoms with Crippen LogP contribution in [0.1, 0.15) is 45.6 Å². The second-order valence-corrected chi connectivity index (χ2v) is 7.12. The van der Waals surface area contributed by atoms with Crippen molar-refractivity contribution in [2.75, 3.05) is 0 Å². The molecule has 2 unspecified atom stereocenters. The Labute approximate surface area is 126 Å². The van der Waals surface area contributed by atoms with Gasteiger partial charge in [-0.1, -0.05) is 32.4 Å². The fourth-order valence-corrected chi connectivity index (χ4v) is 3.60. The number of nitrogen functional groups attached to an aromatic ring is 1. The fourth-order valence-electron chi connectivity index (χ4n) is 3.33. The maximum atomic E-state index is 7.43. The highest BCUT2D eigenvalue weighted by Gasteiger charge is 2.33. The molecule has 0 heterocycles. The van der Waals surface area contributed by atoms with Gasteiger partial charge in [-0.15, -0.1) is 0 Å². The second kappa shape index (κ2) is 5.65. The second-order valence-electron chi connectivity index (χ2n) is 6.71. The molecule has 1 aromatic carbocycles. The molecule has 3 N–H and O–H groups in total. The number of ether oxygens (including phenoxy) is 1. The van der Waals surface area contributed by atoms with Crippen LogP contribution in [0.4, 0.5) is 0 Å². The number of nitrogens with two attached hydrogens (primary N) is 1. The number of hydrogen-bond donors (Lipinski definition) is 2. The fraction of sp³-hybridized carbons (Fsp3) is 0.562. The van der Waals surface area contributed by atoms with Gasteiger partial charge in [0.15, 0.2) is 0 Å². The lowest BCUT2D eigenvalue weighted by molar-refractivity contribution is 0.0563. The minimum absolute atomic E-state index is 0.0195. The van der Waals surface area contributed by atoms with Crippen LogP contribution in [0.5, 0.6) is 5.75 Å². The molecule has 3 nitrogen and oxygen atoms in total. The van der Waals surface area contributed by atoms with Gasteiger partial charge in [0.1, 0.15) is 11.6 Å². The van der Waals surface area contributed by atoms with E-state index in [4.69, 9.17) is 27.5 Å². The van der Waals surface area contributed by atoms with Gasteiger partial charge in [-0.3, -0.25) is 5.41 Å². The van der Waals surface area contributed by atoms with Gasteiger partial charge in [-0.2, -0.15) is 0 Å².